The molecule has 0 aliphatic carbocycles. The van der Waals surface area contributed by atoms with Crippen molar-refractivity contribution < 1.29 is 151 Å². The Labute approximate surface area is 308 Å². The van der Waals surface area contributed by atoms with Gasteiger partial charge in [0.2, 0.25) is 5.79 Å². The van der Waals surface area contributed by atoms with Gasteiger partial charge < -0.3 is 14.2 Å². The topological polar surface area (TPSA) is 536 Å². The third-order valence-corrected chi connectivity index (χ3v) is 9.28. The van der Waals surface area contributed by atoms with E-state index >= 15 is 0 Å². The zero-order chi connectivity index (χ0) is 43.0. The van der Waals surface area contributed by atoms with Gasteiger partial charge in [-0.25, -0.2) is 33.5 Å². The predicted molar refractivity (Wildman–Crippen MR) is 152 cm³/mol. The Morgan fingerprint density at radius 3 is 1.18 bits per heavy atom. The van der Waals surface area contributed by atoms with Crippen molar-refractivity contribution in [1.82, 2.24) is 0 Å². The second-order valence-electron chi connectivity index (χ2n) is 9.64. The highest BCUT2D eigenvalue weighted by Gasteiger charge is 2.65. The first-order valence-corrected chi connectivity index (χ1v) is 23.2. The molecule has 0 unspecified atom stereocenters. The van der Waals surface area contributed by atoms with Gasteiger partial charge in [-0.2, -0.15) is 67.3 Å². The molecule has 43 heteroatoms. The van der Waals surface area contributed by atoms with Gasteiger partial charge in [0, 0.05) is 0 Å². The smallest absolute Gasteiger partial charge is 0.341 e. The summed E-state index contributed by atoms with van der Waals surface area (Å²) in [7, 11) is -48.3. The van der Waals surface area contributed by atoms with Crippen LogP contribution in [-0.2, 0) is 131 Å². The Balaban J connectivity index is 3.07. The molecule has 0 aromatic rings. The van der Waals surface area contributed by atoms with Gasteiger partial charge in [-0.05, 0) is 0 Å². The molecule has 8 N–H and O–H groups in total. The van der Waals surface area contributed by atoms with Crippen LogP contribution < -0.4 is 0 Å². The molecule has 0 radical (unpaired) electrons. The van der Waals surface area contributed by atoms with Gasteiger partial charge >= 0.3 is 83.2 Å². The molecule has 0 aromatic heterocycles. The first-order chi connectivity index (χ1) is 24.2. The standard InChI is InChI=1S/C12H22O35S8/c13-48(14,15)37-1-4-6(43-51(22,23)24)8(45-53(28,29)30)9(46-54(31,32)33)11(40-4)42-12(3-39-50(19,20)21)10(47-55(34,35)36)7(44-52(25,26)27)5(41-12)2-38-49(16,17)18/h4-11H,1-3H2,(H,13,14,15)(H,16,17,18)(H,19,20,21)(H,22,23,24)(H,25,26,27)(H,28,29,30)(H,31,32,33)(H,34,35,36)/t4-,5-,6-,7-,8+,9-,10-,11-,12-/m0/s1. The van der Waals surface area contributed by atoms with E-state index in [0.717, 1.165) is 0 Å². The summed E-state index contributed by atoms with van der Waals surface area (Å²) in [6, 6.07) is 0. The normalized spacial score (nSPS) is 30.7. The summed E-state index contributed by atoms with van der Waals surface area (Å²) in [6.07, 6.45) is -26.0. The molecule has 0 bridgehead atoms. The lowest BCUT2D eigenvalue weighted by Crippen LogP contribution is -2.65. The lowest BCUT2D eigenvalue weighted by atomic mass is 9.99. The average Bonchev–Trinajstić information content (AvgIpc) is 3.15. The summed E-state index contributed by atoms with van der Waals surface area (Å²) in [5, 5.41) is 0. The van der Waals surface area contributed by atoms with Crippen molar-refractivity contribution in [3.8, 4) is 0 Å². The van der Waals surface area contributed by atoms with Crippen LogP contribution in [-0.4, -0.2) is 178 Å². The maximum absolute atomic E-state index is 11.9. The molecular formula is C12H22O35S8. The summed E-state index contributed by atoms with van der Waals surface area (Å²) in [4.78, 5) is 0. The molecule has 35 nitrogen and oxygen atoms in total. The molecule has 0 spiro atoms. The monoisotopic (exact) mass is 982 g/mol. The van der Waals surface area contributed by atoms with Crippen LogP contribution in [0, 0.1) is 0 Å². The Hall–Kier alpha value is -1.16. The zero-order valence-electron chi connectivity index (χ0n) is 25.1. The molecule has 9 atom stereocenters. The maximum Gasteiger partial charge on any atom is 0.397 e. The number of hydrogen-bond donors (Lipinski definition) is 8. The summed E-state index contributed by atoms with van der Waals surface area (Å²) in [6.45, 7) is -6.25. The van der Waals surface area contributed by atoms with Crippen LogP contribution in [0.25, 0.3) is 0 Å². The van der Waals surface area contributed by atoms with Crippen molar-refractivity contribution >= 4 is 83.2 Å². The lowest BCUT2D eigenvalue weighted by molar-refractivity contribution is -0.374. The number of ether oxygens (including phenoxy) is 3. The van der Waals surface area contributed by atoms with E-state index in [4.69, 9.17) is 23.3 Å². The van der Waals surface area contributed by atoms with E-state index in [1.54, 1.807) is 0 Å². The molecule has 0 aromatic carbocycles. The van der Waals surface area contributed by atoms with Gasteiger partial charge in [-0.15, -0.1) is 0 Å². The fourth-order valence-electron chi connectivity index (χ4n) is 4.24. The van der Waals surface area contributed by atoms with E-state index in [2.05, 4.69) is 33.5 Å². The summed E-state index contributed by atoms with van der Waals surface area (Å²) < 4.78 is 307. The minimum atomic E-state index is -6.24. The summed E-state index contributed by atoms with van der Waals surface area (Å²) in [5.74, 6) is -4.12. The second kappa shape index (κ2) is 17.2. The van der Waals surface area contributed by atoms with E-state index in [1.165, 1.54) is 0 Å². The minimum Gasteiger partial charge on any atom is -0.341 e. The number of rotatable bonds is 21. The van der Waals surface area contributed by atoms with Gasteiger partial charge in [0.25, 0.3) is 0 Å². The first-order valence-electron chi connectivity index (χ1n) is 12.3. The van der Waals surface area contributed by atoms with Crippen LogP contribution in [0.3, 0.4) is 0 Å². The van der Waals surface area contributed by atoms with Crippen LogP contribution in [0.1, 0.15) is 0 Å². The third-order valence-electron chi connectivity index (χ3n) is 5.68. The maximum atomic E-state index is 11.9. The van der Waals surface area contributed by atoms with Gasteiger partial charge in [0.15, 0.2) is 18.5 Å². The van der Waals surface area contributed by atoms with Crippen LogP contribution in [0.2, 0.25) is 0 Å². The highest BCUT2D eigenvalue weighted by Crippen LogP contribution is 2.42. The first kappa shape index (κ1) is 50.0. The Kier molecular flexibility index (Phi) is 15.6. The molecule has 2 saturated heterocycles. The van der Waals surface area contributed by atoms with E-state index in [0.29, 0.717) is 0 Å². The van der Waals surface area contributed by atoms with Crippen molar-refractivity contribution in [1.29, 1.82) is 0 Å². The molecular weight excluding hydrogens is 961 g/mol. The van der Waals surface area contributed by atoms with Gasteiger partial charge in [0.1, 0.15) is 37.1 Å². The highest BCUT2D eigenvalue weighted by molar-refractivity contribution is 7.82. The fraction of sp³-hybridized carbons (Fsp3) is 1.00. The molecule has 328 valence electrons. The molecule has 2 fully saturated rings. The average molecular weight is 983 g/mol. The van der Waals surface area contributed by atoms with Crippen LogP contribution in [0.4, 0.5) is 0 Å². The van der Waals surface area contributed by atoms with Crippen LogP contribution in [0.5, 0.6) is 0 Å². The van der Waals surface area contributed by atoms with Crippen LogP contribution in [0.15, 0.2) is 0 Å². The molecule has 2 aliphatic heterocycles. The van der Waals surface area contributed by atoms with Crippen LogP contribution >= 0.6 is 0 Å². The predicted octanol–water partition coefficient (Wildman–Crippen LogP) is -6.78. The largest absolute Gasteiger partial charge is 0.397 e. The summed E-state index contributed by atoms with van der Waals surface area (Å²) >= 11 is 0. The van der Waals surface area contributed by atoms with Crippen molar-refractivity contribution in [2.24, 2.45) is 0 Å². The van der Waals surface area contributed by atoms with Gasteiger partial charge in [-0.3, -0.25) is 36.4 Å². The fourth-order valence-corrected chi connectivity index (χ4v) is 7.68. The molecule has 55 heavy (non-hydrogen) atoms. The zero-order valence-corrected chi connectivity index (χ0v) is 31.6. The van der Waals surface area contributed by atoms with E-state index in [9.17, 15) is 94.7 Å². The Morgan fingerprint density at radius 1 is 0.418 bits per heavy atom. The van der Waals surface area contributed by atoms with Crippen molar-refractivity contribution in [3.63, 3.8) is 0 Å². The minimum absolute atomic E-state index is 1.92. The number of hydrogen-bond acceptors (Lipinski definition) is 27. The third kappa shape index (κ3) is 18.1. The SMILES string of the molecule is O=S(=O)(O)OC[C@@H]1O[C@@H](O[C@]2(COS(=O)(=O)O)O[C@@H](COS(=O)(=O)O)[C@H](OS(=O)(=O)O)[C@@H]2OS(=O)(=O)O)[C@@H](OS(=O)(=O)O)[C@H](OS(=O)(=O)O)[C@H]1OS(=O)(=O)O. The highest BCUT2D eigenvalue weighted by atomic mass is 32.3. The van der Waals surface area contributed by atoms with Gasteiger partial charge in [-0.1, -0.05) is 0 Å². The molecule has 2 heterocycles. The molecule has 2 aliphatic rings. The molecule has 0 saturated carbocycles. The quantitative estimate of drug-likeness (QED) is 0.0496. The molecule has 2 rings (SSSR count). The summed E-state index contributed by atoms with van der Waals surface area (Å²) in [5.41, 5.74) is 0. The van der Waals surface area contributed by atoms with E-state index in [1.807, 2.05) is 0 Å². The molecule has 0 amide bonds. The van der Waals surface area contributed by atoms with Crippen molar-refractivity contribution in [3.05, 3.63) is 0 Å². The Bertz CT molecular complexity index is 2280. The Morgan fingerprint density at radius 2 is 0.782 bits per heavy atom. The van der Waals surface area contributed by atoms with Gasteiger partial charge in [0.05, 0.1) is 13.2 Å². The van der Waals surface area contributed by atoms with E-state index in [-0.39, 0.29) is 0 Å². The van der Waals surface area contributed by atoms with Crippen molar-refractivity contribution in [2.45, 2.75) is 54.8 Å². The second-order valence-corrected chi connectivity index (χ2v) is 18.2. The lowest BCUT2D eigenvalue weighted by Gasteiger charge is -2.45. The van der Waals surface area contributed by atoms with E-state index < -0.39 is 158 Å². The van der Waals surface area contributed by atoms with Crippen molar-refractivity contribution in [2.75, 3.05) is 19.8 Å².